The summed E-state index contributed by atoms with van der Waals surface area (Å²) in [7, 11) is 1.64. The molecular weight excluding hydrogens is 286 g/mol. The lowest BCUT2D eigenvalue weighted by Gasteiger charge is -2.25. The van der Waals surface area contributed by atoms with Crippen molar-refractivity contribution in [2.75, 3.05) is 7.11 Å². The van der Waals surface area contributed by atoms with Crippen LogP contribution in [0.1, 0.15) is 25.0 Å². The second-order valence-electron chi connectivity index (χ2n) is 4.84. The van der Waals surface area contributed by atoms with Gasteiger partial charge in [-0.05, 0) is 42.3 Å². The molecule has 2 aromatic carbocycles. The summed E-state index contributed by atoms with van der Waals surface area (Å²) in [5.74, 6) is 1.50. The van der Waals surface area contributed by atoms with E-state index in [2.05, 4.69) is 0 Å². The summed E-state index contributed by atoms with van der Waals surface area (Å²) in [4.78, 5) is 0. The first kappa shape index (κ1) is 15.7. The summed E-state index contributed by atoms with van der Waals surface area (Å²) in [6.07, 6.45) is 0.561. The number of rotatable bonds is 6. The fraction of sp³-hybridized carbons (Fsp3) is 0.294. The highest BCUT2D eigenvalue weighted by Gasteiger charge is 2.21. The quantitative estimate of drug-likeness (QED) is 0.869. The van der Waals surface area contributed by atoms with Crippen molar-refractivity contribution in [1.82, 2.24) is 0 Å². The third-order valence-corrected chi connectivity index (χ3v) is 3.58. The van der Waals surface area contributed by atoms with E-state index in [9.17, 15) is 0 Å². The molecule has 2 aromatic rings. The lowest BCUT2D eigenvalue weighted by Crippen LogP contribution is -2.31. The molecule has 21 heavy (non-hydrogen) atoms. The van der Waals surface area contributed by atoms with Crippen LogP contribution in [0.15, 0.2) is 48.5 Å². The molecule has 3 nitrogen and oxygen atoms in total. The maximum Gasteiger partial charge on any atom is 0.139 e. The highest BCUT2D eigenvalue weighted by molar-refractivity contribution is 6.30. The van der Waals surface area contributed by atoms with Gasteiger partial charge in [0.05, 0.1) is 7.11 Å². The van der Waals surface area contributed by atoms with Crippen LogP contribution in [0.25, 0.3) is 0 Å². The summed E-state index contributed by atoms with van der Waals surface area (Å²) in [5.41, 5.74) is 7.22. The zero-order valence-corrected chi connectivity index (χ0v) is 13.0. The monoisotopic (exact) mass is 305 g/mol. The summed E-state index contributed by atoms with van der Waals surface area (Å²) < 4.78 is 11.3. The molecule has 0 aliphatic carbocycles. The zero-order chi connectivity index (χ0) is 15.2. The van der Waals surface area contributed by atoms with E-state index in [4.69, 9.17) is 26.8 Å². The SMILES string of the molecule is CCC(N)C(Oc1cccc(Cl)c1)c1cccc(OC)c1. The minimum Gasteiger partial charge on any atom is -0.497 e. The lowest BCUT2D eigenvalue weighted by atomic mass is 10.0. The van der Waals surface area contributed by atoms with E-state index < -0.39 is 0 Å². The fourth-order valence-electron chi connectivity index (χ4n) is 2.12. The molecule has 0 aliphatic heterocycles. The molecule has 2 atom stereocenters. The van der Waals surface area contributed by atoms with Crippen molar-refractivity contribution in [3.63, 3.8) is 0 Å². The highest BCUT2D eigenvalue weighted by Crippen LogP contribution is 2.29. The largest absolute Gasteiger partial charge is 0.497 e. The molecule has 0 saturated heterocycles. The van der Waals surface area contributed by atoms with Crippen molar-refractivity contribution in [3.8, 4) is 11.5 Å². The number of halogens is 1. The van der Waals surface area contributed by atoms with Crippen molar-refractivity contribution in [1.29, 1.82) is 0 Å². The Labute approximate surface area is 130 Å². The third-order valence-electron chi connectivity index (χ3n) is 3.34. The van der Waals surface area contributed by atoms with Crippen LogP contribution < -0.4 is 15.2 Å². The summed E-state index contributed by atoms with van der Waals surface area (Å²) in [6.45, 7) is 2.04. The van der Waals surface area contributed by atoms with Gasteiger partial charge in [-0.2, -0.15) is 0 Å². The Kier molecular flexibility index (Phi) is 5.48. The van der Waals surface area contributed by atoms with Gasteiger partial charge in [0.15, 0.2) is 0 Å². The van der Waals surface area contributed by atoms with Gasteiger partial charge in [-0.15, -0.1) is 0 Å². The molecule has 0 saturated carbocycles. The molecule has 0 heterocycles. The summed E-state index contributed by atoms with van der Waals surface area (Å²) in [6, 6.07) is 15.0. The van der Waals surface area contributed by atoms with Crippen LogP contribution in [0.3, 0.4) is 0 Å². The van der Waals surface area contributed by atoms with Crippen molar-refractivity contribution >= 4 is 11.6 Å². The predicted molar refractivity (Wildman–Crippen MR) is 86.1 cm³/mol. The Bertz CT molecular complexity index is 589. The average molecular weight is 306 g/mol. The minimum absolute atomic E-state index is 0.115. The molecule has 2 unspecified atom stereocenters. The molecule has 4 heteroatoms. The van der Waals surface area contributed by atoms with Gasteiger partial charge in [0.2, 0.25) is 0 Å². The van der Waals surface area contributed by atoms with E-state index in [1.165, 1.54) is 0 Å². The highest BCUT2D eigenvalue weighted by atomic mass is 35.5. The second-order valence-corrected chi connectivity index (χ2v) is 5.28. The Balaban J connectivity index is 2.29. The Hall–Kier alpha value is -1.71. The maximum atomic E-state index is 6.23. The first-order chi connectivity index (χ1) is 10.1. The Morgan fingerprint density at radius 1 is 1.10 bits per heavy atom. The van der Waals surface area contributed by atoms with Crippen LogP contribution in [0.4, 0.5) is 0 Å². The van der Waals surface area contributed by atoms with Crippen LogP contribution in [0, 0.1) is 0 Å². The first-order valence-electron chi connectivity index (χ1n) is 6.95. The molecule has 0 spiro atoms. The topological polar surface area (TPSA) is 44.5 Å². The van der Waals surface area contributed by atoms with Gasteiger partial charge in [0.25, 0.3) is 0 Å². The van der Waals surface area contributed by atoms with E-state index >= 15 is 0 Å². The van der Waals surface area contributed by atoms with E-state index in [-0.39, 0.29) is 12.1 Å². The first-order valence-corrected chi connectivity index (χ1v) is 7.33. The molecule has 2 N–H and O–H groups in total. The molecule has 0 fully saturated rings. The van der Waals surface area contributed by atoms with Gasteiger partial charge >= 0.3 is 0 Å². The summed E-state index contributed by atoms with van der Waals surface area (Å²) in [5, 5.41) is 0.641. The van der Waals surface area contributed by atoms with Crippen LogP contribution in [0.5, 0.6) is 11.5 Å². The minimum atomic E-state index is -0.247. The van der Waals surface area contributed by atoms with Crippen LogP contribution in [0.2, 0.25) is 5.02 Å². The van der Waals surface area contributed by atoms with Gasteiger partial charge in [-0.25, -0.2) is 0 Å². The normalized spacial score (nSPS) is 13.5. The standard InChI is InChI=1S/C17H20ClNO2/c1-3-16(19)17(12-6-4-8-14(10-12)20-2)21-15-9-5-7-13(18)11-15/h4-11,16-17H,3,19H2,1-2H3. The smallest absolute Gasteiger partial charge is 0.139 e. The van der Waals surface area contributed by atoms with Crippen molar-refractivity contribution in [2.24, 2.45) is 5.73 Å². The van der Waals surface area contributed by atoms with E-state index in [0.717, 1.165) is 17.7 Å². The van der Waals surface area contributed by atoms with Crippen LogP contribution in [-0.2, 0) is 0 Å². The van der Waals surface area contributed by atoms with Gasteiger partial charge in [-0.1, -0.05) is 36.7 Å². The number of benzene rings is 2. The molecule has 0 amide bonds. The average Bonchev–Trinajstić information content (AvgIpc) is 2.52. The molecule has 0 aliphatic rings. The van der Waals surface area contributed by atoms with Gasteiger partial charge in [-0.3, -0.25) is 0 Å². The lowest BCUT2D eigenvalue weighted by molar-refractivity contribution is 0.170. The molecule has 2 rings (SSSR count). The second kappa shape index (κ2) is 7.34. The Morgan fingerprint density at radius 2 is 1.81 bits per heavy atom. The number of hydrogen-bond acceptors (Lipinski definition) is 3. The number of nitrogens with two attached hydrogens (primary N) is 1. The van der Waals surface area contributed by atoms with Crippen molar-refractivity contribution < 1.29 is 9.47 Å². The van der Waals surface area contributed by atoms with Crippen molar-refractivity contribution in [2.45, 2.75) is 25.5 Å². The van der Waals surface area contributed by atoms with E-state index in [1.807, 2.05) is 49.4 Å². The number of hydrogen-bond donors (Lipinski definition) is 1. The van der Waals surface area contributed by atoms with E-state index in [1.54, 1.807) is 13.2 Å². The molecule has 0 radical (unpaired) electrons. The van der Waals surface area contributed by atoms with Gasteiger partial charge in [0.1, 0.15) is 17.6 Å². The van der Waals surface area contributed by atoms with Gasteiger partial charge < -0.3 is 15.2 Å². The van der Waals surface area contributed by atoms with E-state index in [0.29, 0.717) is 10.8 Å². The number of ether oxygens (including phenoxy) is 2. The summed E-state index contributed by atoms with van der Waals surface area (Å²) >= 11 is 6.00. The molecule has 0 bridgehead atoms. The van der Waals surface area contributed by atoms with Crippen LogP contribution in [-0.4, -0.2) is 13.2 Å². The van der Waals surface area contributed by atoms with Crippen LogP contribution >= 0.6 is 11.6 Å². The maximum absolute atomic E-state index is 6.23. The third kappa shape index (κ3) is 4.13. The molecule has 0 aromatic heterocycles. The number of methoxy groups -OCH3 is 1. The molecule has 112 valence electrons. The Morgan fingerprint density at radius 3 is 2.48 bits per heavy atom. The van der Waals surface area contributed by atoms with Crippen molar-refractivity contribution in [3.05, 3.63) is 59.1 Å². The fourth-order valence-corrected chi connectivity index (χ4v) is 2.30. The predicted octanol–water partition coefficient (Wildman–Crippen LogP) is 4.21. The molecular formula is C17H20ClNO2. The zero-order valence-electron chi connectivity index (χ0n) is 12.3. The van der Waals surface area contributed by atoms with Gasteiger partial charge in [0, 0.05) is 11.1 Å².